The Morgan fingerprint density at radius 3 is 2.52 bits per heavy atom. The third-order valence-electron chi connectivity index (χ3n) is 5.45. The molecule has 23 heavy (non-hydrogen) atoms. The second-order valence-corrected chi connectivity index (χ2v) is 9.11. The van der Waals surface area contributed by atoms with E-state index in [0.29, 0.717) is 11.5 Å². The first kappa shape index (κ1) is 16.5. The summed E-state index contributed by atoms with van der Waals surface area (Å²) < 4.78 is 23.5. The number of piperidine rings is 1. The number of rotatable bonds is 2. The van der Waals surface area contributed by atoms with E-state index in [1.807, 2.05) is 11.8 Å². The lowest BCUT2D eigenvalue weighted by molar-refractivity contribution is 0.0520. The van der Waals surface area contributed by atoms with Crippen molar-refractivity contribution in [2.75, 3.05) is 19.3 Å². The van der Waals surface area contributed by atoms with Crippen LogP contribution in [0.4, 0.5) is 0 Å². The minimum absolute atomic E-state index is 0.0166. The van der Waals surface area contributed by atoms with Gasteiger partial charge in [0, 0.05) is 24.9 Å². The van der Waals surface area contributed by atoms with E-state index in [-0.39, 0.29) is 10.8 Å². The maximum atomic E-state index is 12.9. The van der Waals surface area contributed by atoms with E-state index in [1.165, 1.54) is 31.9 Å². The standard InChI is InChI=1S/C18H25NO3S/c1-13-7-8-16(23(2,21)22)11-17(13)18(20)19-10-9-14-5-3-4-6-15(14)12-19/h7-8,11,14-15H,3-6,9-10,12H2,1-2H3/t14-,15+/m1/s1. The quantitative estimate of drug-likeness (QED) is 0.835. The Morgan fingerprint density at radius 1 is 1.13 bits per heavy atom. The van der Waals surface area contributed by atoms with Gasteiger partial charge in [0.25, 0.3) is 5.91 Å². The molecule has 2 aliphatic rings. The van der Waals surface area contributed by atoms with Gasteiger partial charge in [-0.25, -0.2) is 8.42 Å². The predicted octanol–water partition coefficient (Wildman–Crippen LogP) is 3.05. The van der Waals surface area contributed by atoms with Gasteiger partial charge in [-0.1, -0.05) is 25.3 Å². The number of hydrogen-bond donors (Lipinski definition) is 0. The number of nitrogens with zero attached hydrogens (tertiary/aromatic N) is 1. The number of carbonyl (C=O) groups excluding carboxylic acids is 1. The first-order chi connectivity index (χ1) is 10.9. The molecule has 1 aromatic rings. The zero-order valence-electron chi connectivity index (χ0n) is 13.9. The highest BCUT2D eigenvalue weighted by atomic mass is 32.2. The molecule has 0 radical (unpaired) electrons. The molecular weight excluding hydrogens is 310 g/mol. The van der Waals surface area contributed by atoms with Crippen LogP contribution in [0.25, 0.3) is 0 Å². The molecule has 0 bridgehead atoms. The van der Waals surface area contributed by atoms with E-state index < -0.39 is 9.84 Å². The lowest BCUT2D eigenvalue weighted by Crippen LogP contribution is -2.45. The molecule has 1 amide bonds. The molecule has 1 saturated carbocycles. The number of benzene rings is 1. The van der Waals surface area contributed by atoms with Gasteiger partial charge in [0.2, 0.25) is 0 Å². The van der Waals surface area contributed by atoms with Crippen LogP contribution in [0.1, 0.15) is 48.0 Å². The minimum atomic E-state index is -3.30. The zero-order chi connectivity index (χ0) is 16.6. The van der Waals surface area contributed by atoms with Gasteiger partial charge < -0.3 is 4.90 Å². The molecule has 1 aliphatic carbocycles. The highest BCUT2D eigenvalue weighted by molar-refractivity contribution is 7.90. The zero-order valence-corrected chi connectivity index (χ0v) is 14.7. The Bertz CT molecular complexity index is 711. The molecule has 5 heteroatoms. The normalized spacial score (nSPS) is 25.0. The number of fused-ring (bicyclic) bond motifs is 1. The Balaban J connectivity index is 1.83. The maximum Gasteiger partial charge on any atom is 0.254 e. The molecule has 2 atom stereocenters. The Morgan fingerprint density at radius 2 is 1.83 bits per heavy atom. The topological polar surface area (TPSA) is 54.5 Å². The van der Waals surface area contributed by atoms with Gasteiger partial charge in [-0.3, -0.25) is 4.79 Å². The summed E-state index contributed by atoms with van der Waals surface area (Å²) in [4.78, 5) is 15.1. The number of likely N-dealkylation sites (tertiary alicyclic amines) is 1. The summed E-state index contributed by atoms with van der Waals surface area (Å²) >= 11 is 0. The molecule has 0 N–H and O–H groups in total. The van der Waals surface area contributed by atoms with Gasteiger partial charge in [-0.2, -0.15) is 0 Å². The van der Waals surface area contributed by atoms with Gasteiger partial charge in [0.05, 0.1) is 4.90 Å². The van der Waals surface area contributed by atoms with Crippen LogP contribution in [0.5, 0.6) is 0 Å². The van der Waals surface area contributed by atoms with E-state index in [0.717, 1.165) is 31.0 Å². The third kappa shape index (κ3) is 3.44. The van der Waals surface area contributed by atoms with Gasteiger partial charge >= 0.3 is 0 Å². The van der Waals surface area contributed by atoms with Crippen LogP contribution >= 0.6 is 0 Å². The second kappa shape index (κ2) is 6.27. The number of sulfone groups is 1. The number of hydrogen-bond acceptors (Lipinski definition) is 3. The first-order valence-electron chi connectivity index (χ1n) is 8.46. The fourth-order valence-electron chi connectivity index (χ4n) is 4.02. The number of aryl methyl sites for hydroxylation is 1. The number of amides is 1. The monoisotopic (exact) mass is 335 g/mol. The molecule has 0 unspecified atom stereocenters. The van der Waals surface area contributed by atoms with Crippen molar-refractivity contribution in [2.45, 2.75) is 43.9 Å². The lowest BCUT2D eigenvalue weighted by Gasteiger charge is -2.41. The van der Waals surface area contributed by atoms with Crippen molar-refractivity contribution in [3.8, 4) is 0 Å². The van der Waals surface area contributed by atoms with E-state index >= 15 is 0 Å². The van der Waals surface area contributed by atoms with E-state index in [2.05, 4.69) is 0 Å². The molecule has 1 aliphatic heterocycles. The maximum absolute atomic E-state index is 12.9. The molecule has 1 saturated heterocycles. The molecule has 126 valence electrons. The molecule has 4 nitrogen and oxygen atoms in total. The molecule has 0 aromatic heterocycles. The van der Waals surface area contributed by atoms with Crippen LogP contribution in [0.2, 0.25) is 0 Å². The fraction of sp³-hybridized carbons (Fsp3) is 0.611. The van der Waals surface area contributed by atoms with Gasteiger partial charge in [0.1, 0.15) is 0 Å². The molecular formula is C18H25NO3S. The lowest BCUT2D eigenvalue weighted by atomic mass is 9.75. The molecule has 0 spiro atoms. The van der Waals surface area contributed by atoms with Crippen molar-refractivity contribution in [3.05, 3.63) is 29.3 Å². The van der Waals surface area contributed by atoms with Crippen LogP contribution in [0.3, 0.4) is 0 Å². The molecule has 3 rings (SSSR count). The van der Waals surface area contributed by atoms with Crippen molar-refractivity contribution in [1.82, 2.24) is 4.90 Å². The summed E-state index contributed by atoms with van der Waals surface area (Å²) in [6.45, 7) is 3.49. The summed E-state index contributed by atoms with van der Waals surface area (Å²) in [6.07, 6.45) is 7.38. The van der Waals surface area contributed by atoms with Gasteiger partial charge in [0.15, 0.2) is 9.84 Å². The molecule has 2 fully saturated rings. The summed E-state index contributed by atoms with van der Waals surface area (Å²) in [6, 6.07) is 4.85. The summed E-state index contributed by atoms with van der Waals surface area (Å²) in [7, 11) is -3.30. The van der Waals surface area contributed by atoms with E-state index in [9.17, 15) is 13.2 Å². The Hall–Kier alpha value is -1.36. The number of carbonyl (C=O) groups is 1. The Labute approximate surface area is 138 Å². The third-order valence-corrected chi connectivity index (χ3v) is 6.56. The summed E-state index contributed by atoms with van der Waals surface area (Å²) in [5.41, 5.74) is 1.37. The van der Waals surface area contributed by atoms with Crippen molar-refractivity contribution in [3.63, 3.8) is 0 Å². The van der Waals surface area contributed by atoms with E-state index in [1.54, 1.807) is 18.2 Å². The van der Waals surface area contributed by atoms with Crippen molar-refractivity contribution >= 4 is 15.7 Å². The average Bonchev–Trinajstić information content (AvgIpc) is 2.53. The van der Waals surface area contributed by atoms with Gasteiger partial charge in [-0.15, -0.1) is 0 Å². The molecule has 1 heterocycles. The van der Waals surface area contributed by atoms with Crippen LogP contribution in [-0.4, -0.2) is 38.6 Å². The van der Waals surface area contributed by atoms with Crippen LogP contribution < -0.4 is 0 Å². The SMILES string of the molecule is Cc1ccc(S(C)(=O)=O)cc1C(=O)N1CC[C@H]2CCCC[C@H]2C1. The van der Waals surface area contributed by atoms with Crippen LogP contribution in [0, 0.1) is 18.8 Å². The average molecular weight is 335 g/mol. The van der Waals surface area contributed by atoms with Crippen LogP contribution in [-0.2, 0) is 9.84 Å². The van der Waals surface area contributed by atoms with E-state index in [4.69, 9.17) is 0 Å². The molecule has 1 aromatic carbocycles. The smallest absolute Gasteiger partial charge is 0.254 e. The van der Waals surface area contributed by atoms with Crippen molar-refractivity contribution in [2.24, 2.45) is 11.8 Å². The second-order valence-electron chi connectivity index (χ2n) is 7.09. The van der Waals surface area contributed by atoms with Crippen molar-refractivity contribution < 1.29 is 13.2 Å². The summed E-state index contributed by atoms with van der Waals surface area (Å²) in [5, 5.41) is 0. The first-order valence-corrected chi connectivity index (χ1v) is 10.4. The minimum Gasteiger partial charge on any atom is -0.338 e. The Kier molecular flexibility index (Phi) is 4.50. The van der Waals surface area contributed by atoms with Crippen LogP contribution in [0.15, 0.2) is 23.1 Å². The largest absolute Gasteiger partial charge is 0.338 e. The van der Waals surface area contributed by atoms with Crippen molar-refractivity contribution in [1.29, 1.82) is 0 Å². The predicted molar refractivity (Wildman–Crippen MR) is 90.3 cm³/mol. The highest BCUT2D eigenvalue weighted by Gasteiger charge is 2.33. The van der Waals surface area contributed by atoms with Gasteiger partial charge in [-0.05, 0) is 49.3 Å². The highest BCUT2D eigenvalue weighted by Crippen LogP contribution is 2.36. The fourth-order valence-corrected chi connectivity index (χ4v) is 4.67. The summed E-state index contributed by atoms with van der Waals surface area (Å²) in [5.74, 6) is 1.38.